The lowest BCUT2D eigenvalue weighted by molar-refractivity contribution is 0.0299. The van der Waals surface area contributed by atoms with Gasteiger partial charge in [-0.2, -0.15) is 0 Å². The van der Waals surface area contributed by atoms with E-state index >= 15 is 0 Å². The Morgan fingerprint density at radius 3 is 2.62 bits per heavy atom. The molecule has 2 saturated heterocycles. The number of nitrogens with zero attached hydrogens (tertiary/aromatic N) is 1. The summed E-state index contributed by atoms with van der Waals surface area (Å²) in [5.41, 5.74) is 1.74. The Labute approximate surface area is 187 Å². The standard InChI is InChI=1S/C22H27N3O6S/c1-14-18(4-3-10-23-14)31-19-13-30-20-17(12-29-21(19)20)25-22(26)24-11-9-15-5-7-16(8-6-15)32(2,27)28/h3-8,10,17,19-21H,9,11-13H2,1-2H3,(H2,24,25,26)/t17-,19-,20+,21+/m0/s1. The molecule has 1 aromatic carbocycles. The number of nitrogens with one attached hydrogen (secondary N) is 2. The third-order valence-electron chi connectivity index (χ3n) is 5.61. The Morgan fingerprint density at radius 2 is 1.91 bits per heavy atom. The number of carbonyl (C=O) groups excluding carboxylic acids is 1. The largest absolute Gasteiger partial charge is 0.483 e. The van der Waals surface area contributed by atoms with E-state index in [4.69, 9.17) is 14.2 Å². The van der Waals surface area contributed by atoms with Gasteiger partial charge in [-0.05, 0) is 43.2 Å². The fraction of sp³-hybridized carbons (Fsp3) is 0.455. The average Bonchev–Trinajstić information content (AvgIpc) is 3.33. The fourth-order valence-electron chi connectivity index (χ4n) is 3.89. The highest BCUT2D eigenvalue weighted by Crippen LogP contribution is 2.30. The number of rotatable bonds is 7. The Morgan fingerprint density at radius 1 is 1.16 bits per heavy atom. The molecule has 10 heteroatoms. The fourth-order valence-corrected chi connectivity index (χ4v) is 4.52. The highest BCUT2D eigenvalue weighted by molar-refractivity contribution is 7.90. The van der Waals surface area contributed by atoms with Crippen molar-refractivity contribution in [2.24, 2.45) is 0 Å². The Balaban J connectivity index is 1.23. The van der Waals surface area contributed by atoms with Gasteiger partial charge in [-0.1, -0.05) is 12.1 Å². The van der Waals surface area contributed by atoms with Crippen LogP contribution in [-0.4, -0.2) is 69.8 Å². The number of aromatic nitrogens is 1. The van der Waals surface area contributed by atoms with E-state index in [-0.39, 0.29) is 35.3 Å². The number of urea groups is 1. The van der Waals surface area contributed by atoms with E-state index in [9.17, 15) is 13.2 Å². The van der Waals surface area contributed by atoms with Crippen molar-refractivity contribution in [3.8, 4) is 5.75 Å². The Hall–Kier alpha value is -2.69. The summed E-state index contributed by atoms with van der Waals surface area (Å²) in [6.45, 7) is 3.03. The number of sulfone groups is 1. The van der Waals surface area contributed by atoms with Crippen molar-refractivity contribution in [2.45, 2.75) is 42.6 Å². The first-order chi connectivity index (χ1) is 15.3. The van der Waals surface area contributed by atoms with Crippen LogP contribution in [0.4, 0.5) is 4.79 Å². The van der Waals surface area contributed by atoms with Crippen LogP contribution in [0.2, 0.25) is 0 Å². The van der Waals surface area contributed by atoms with Crippen molar-refractivity contribution < 1.29 is 27.4 Å². The van der Waals surface area contributed by atoms with Crippen LogP contribution >= 0.6 is 0 Å². The normalized spacial score (nSPS) is 24.7. The van der Waals surface area contributed by atoms with Crippen molar-refractivity contribution in [1.82, 2.24) is 15.6 Å². The van der Waals surface area contributed by atoms with E-state index in [1.54, 1.807) is 30.5 Å². The van der Waals surface area contributed by atoms with Gasteiger partial charge in [0.2, 0.25) is 0 Å². The number of aryl methyl sites for hydroxylation is 1. The van der Waals surface area contributed by atoms with E-state index in [1.807, 2.05) is 19.1 Å². The minimum Gasteiger partial charge on any atom is -0.483 e. The smallest absolute Gasteiger partial charge is 0.315 e. The van der Waals surface area contributed by atoms with Crippen molar-refractivity contribution in [1.29, 1.82) is 0 Å². The Bertz CT molecular complexity index is 1060. The van der Waals surface area contributed by atoms with Crippen LogP contribution in [0.1, 0.15) is 11.3 Å². The van der Waals surface area contributed by atoms with Crippen molar-refractivity contribution >= 4 is 15.9 Å². The summed E-state index contributed by atoms with van der Waals surface area (Å²) in [5, 5.41) is 5.74. The van der Waals surface area contributed by atoms with Crippen LogP contribution in [0.15, 0.2) is 47.5 Å². The molecular formula is C22H27N3O6S. The molecule has 0 aliphatic carbocycles. The number of carbonyl (C=O) groups is 1. The first-order valence-corrected chi connectivity index (χ1v) is 12.4. The van der Waals surface area contributed by atoms with E-state index < -0.39 is 9.84 Å². The molecule has 0 bridgehead atoms. The lowest BCUT2D eigenvalue weighted by atomic mass is 10.1. The molecule has 9 nitrogen and oxygen atoms in total. The number of ether oxygens (including phenoxy) is 3. The second-order valence-electron chi connectivity index (χ2n) is 8.01. The van der Waals surface area contributed by atoms with Crippen LogP contribution in [0.3, 0.4) is 0 Å². The van der Waals surface area contributed by atoms with Gasteiger partial charge in [0.05, 0.1) is 29.8 Å². The van der Waals surface area contributed by atoms with Gasteiger partial charge >= 0.3 is 6.03 Å². The van der Waals surface area contributed by atoms with Gasteiger partial charge < -0.3 is 24.8 Å². The molecule has 2 aromatic rings. The molecule has 0 saturated carbocycles. The SMILES string of the molecule is Cc1ncccc1O[C@H]1CO[C@H]2[C@@H]1OC[C@@H]2NC(=O)NCCc1ccc(S(C)(=O)=O)cc1. The average molecular weight is 462 g/mol. The number of hydrogen-bond donors (Lipinski definition) is 2. The summed E-state index contributed by atoms with van der Waals surface area (Å²) < 4.78 is 40.8. The minimum atomic E-state index is -3.21. The zero-order valence-electron chi connectivity index (χ0n) is 18.0. The third kappa shape index (κ3) is 5.20. The molecule has 2 N–H and O–H groups in total. The molecular weight excluding hydrogens is 434 g/mol. The number of hydrogen-bond acceptors (Lipinski definition) is 7. The quantitative estimate of drug-likeness (QED) is 0.638. The van der Waals surface area contributed by atoms with Crippen LogP contribution < -0.4 is 15.4 Å². The van der Waals surface area contributed by atoms with Crippen molar-refractivity contribution in [3.63, 3.8) is 0 Å². The second-order valence-corrected chi connectivity index (χ2v) is 10.0. The highest BCUT2D eigenvalue weighted by atomic mass is 32.2. The molecule has 3 heterocycles. The van der Waals surface area contributed by atoms with Crippen LogP contribution in [-0.2, 0) is 25.7 Å². The molecule has 1 aromatic heterocycles. The molecule has 32 heavy (non-hydrogen) atoms. The van der Waals surface area contributed by atoms with Crippen LogP contribution in [0.5, 0.6) is 5.75 Å². The first-order valence-electron chi connectivity index (χ1n) is 10.5. The number of pyridine rings is 1. The van der Waals surface area contributed by atoms with Gasteiger partial charge in [0.1, 0.15) is 18.0 Å². The predicted molar refractivity (Wildman–Crippen MR) is 116 cm³/mol. The number of fused-ring (bicyclic) bond motifs is 1. The molecule has 2 amide bonds. The summed E-state index contributed by atoms with van der Waals surface area (Å²) in [4.78, 5) is 16.8. The van der Waals surface area contributed by atoms with Crippen LogP contribution in [0.25, 0.3) is 0 Å². The first kappa shape index (κ1) is 22.5. The molecule has 4 atom stereocenters. The summed E-state index contributed by atoms with van der Waals surface area (Å²) in [5.74, 6) is 0.698. The maximum absolute atomic E-state index is 12.3. The molecule has 0 spiro atoms. The van der Waals surface area contributed by atoms with Gasteiger partial charge in [0.15, 0.2) is 15.9 Å². The van der Waals surface area contributed by atoms with Gasteiger partial charge in [-0.15, -0.1) is 0 Å². The topological polar surface area (TPSA) is 116 Å². The van der Waals surface area contributed by atoms with Crippen molar-refractivity contribution in [2.75, 3.05) is 26.0 Å². The van der Waals surface area contributed by atoms with Gasteiger partial charge in [0.25, 0.3) is 0 Å². The van der Waals surface area contributed by atoms with E-state index in [0.717, 1.165) is 11.3 Å². The van der Waals surface area contributed by atoms with Gasteiger partial charge in [-0.3, -0.25) is 4.98 Å². The highest BCUT2D eigenvalue weighted by Gasteiger charge is 2.49. The Kier molecular flexibility index (Phi) is 6.63. The van der Waals surface area contributed by atoms with Gasteiger partial charge in [0, 0.05) is 19.0 Å². The number of benzene rings is 1. The van der Waals surface area contributed by atoms with E-state index in [0.29, 0.717) is 31.9 Å². The maximum Gasteiger partial charge on any atom is 0.315 e. The summed E-state index contributed by atoms with van der Waals surface area (Å²) >= 11 is 0. The molecule has 2 fully saturated rings. The lowest BCUT2D eigenvalue weighted by Gasteiger charge is -2.19. The summed E-state index contributed by atoms with van der Waals surface area (Å²) in [6.07, 6.45) is 2.69. The van der Waals surface area contributed by atoms with Gasteiger partial charge in [-0.25, -0.2) is 13.2 Å². The van der Waals surface area contributed by atoms with E-state index in [1.165, 1.54) is 6.26 Å². The molecule has 4 rings (SSSR count). The summed E-state index contributed by atoms with van der Waals surface area (Å²) in [6, 6.07) is 9.76. The zero-order chi connectivity index (χ0) is 22.7. The predicted octanol–water partition coefficient (Wildman–Crippen LogP) is 1.25. The minimum absolute atomic E-state index is 0.256. The number of amides is 2. The summed E-state index contributed by atoms with van der Waals surface area (Å²) in [7, 11) is -3.21. The van der Waals surface area contributed by atoms with E-state index in [2.05, 4.69) is 15.6 Å². The molecule has 0 unspecified atom stereocenters. The van der Waals surface area contributed by atoms with Crippen LogP contribution in [0, 0.1) is 6.92 Å². The molecule has 0 radical (unpaired) electrons. The molecule has 2 aliphatic heterocycles. The maximum atomic E-state index is 12.3. The lowest BCUT2D eigenvalue weighted by Crippen LogP contribution is -2.48. The third-order valence-corrected chi connectivity index (χ3v) is 6.74. The molecule has 2 aliphatic rings. The zero-order valence-corrected chi connectivity index (χ0v) is 18.8. The molecule has 172 valence electrons. The second kappa shape index (κ2) is 9.43. The van der Waals surface area contributed by atoms with Crippen molar-refractivity contribution in [3.05, 3.63) is 53.9 Å². The monoisotopic (exact) mass is 461 g/mol.